The smallest absolute Gasteiger partial charge is 0.0632 e. The topological polar surface area (TPSA) is 0 Å². The minimum atomic E-state index is 0.556. The summed E-state index contributed by atoms with van der Waals surface area (Å²) in [6, 6.07) is 9.18. The number of unbranched alkanes of at least 4 members (excludes halogenated alkanes) is 1. The minimum Gasteiger partial charge on any atom is -0.0654 e. The second kappa shape index (κ2) is 4.10. The molecule has 1 radical (unpaired) electrons. The summed E-state index contributed by atoms with van der Waals surface area (Å²) in [7, 11) is 0. The predicted molar refractivity (Wildman–Crippen MR) is 43.9 cm³/mol. The molecule has 0 N–H and O–H groups in total. The molecule has 0 aliphatic rings. The first kappa shape index (κ1) is 5.96. The van der Waals surface area contributed by atoms with Crippen molar-refractivity contribution in [1.82, 2.24) is 0 Å². The Labute approximate surface area is 64.3 Å². The molecule has 0 amide bonds. The Morgan fingerprint density at radius 3 is 3.30 bits per heavy atom. The molecule has 0 fully saturated rings. The van der Waals surface area contributed by atoms with Crippen LogP contribution in [0.3, 0.4) is 0 Å². The van der Waals surface area contributed by atoms with Crippen LogP contribution in [0.2, 0.25) is 0 Å². The van der Waals surface area contributed by atoms with Crippen LogP contribution in [0.15, 0.2) is 24.2 Å². The van der Waals surface area contributed by atoms with Crippen LogP contribution < -0.4 is 0 Å². The average Bonchev–Trinajstić information content (AvgIpc) is 2.03. The number of rotatable bonds is 3. The lowest BCUT2D eigenvalue weighted by Gasteiger charge is -1.96. The molecule has 0 bridgehead atoms. The molecule has 1 rings (SSSR count). The Balaban J connectivity index is 2.62. The normalized spacial score (nSPS) is 11.1. The van der Waals surface area contributed by atoms with Gasteiger partial charge < -0.3 is 0 Å². The third kappa shape index (κ3) is 2.22. The highest BCUT2D eigenvalue weighted by Crippen LogP contribution is 2.02. The van der Waals surface area contributed by atoms with Gasteiger partial charge in [0.1, 0.15) is 0 Å². The lowest BCUT2D eigenvalue weighted by molar-refractivity contribution is 0.795. The van der Waals surface area contributed by atoms with Crippen LogP contribution in [0.1, 0.15) is 26.7 Å². The molecule has 53 valence electrons. The number of hydrogen-bond donors (Lipinski definition) is 0. The Hall–Kier alpha value is -0.780. The Bertz CT molecular complexity index is 218. The number of benzene rings is 1. The largest absolute Gasteiger partial charge is 0.0654 e. The molecule has 0 aliphatic carbocycles. The van der Waals surface area contributed by atoms with Crippen molar-refractivity contribution in [3.63, 3.8) is 0 Å². The molecule has 0 aromatic heterocycles. The summed E-state index contributed by atoms with van der Waals surface area (Å²) in [4.78, 5) is 0. The van der Waals surface area contributed by atoms with E-state index >= 15 is 0 Å². The lowest BCUT2D eigenvalue weighted by Crippen LogP contribution is -1.81. The van der Waals surface area contributed by atoms with E-state index in [2.05, 4.69) is 13.0 Å². The van der Waals surface area contributed by atoms with Gasteiger partial charge in [-0.3, -0.25) is 0 Å². The van der Waals surface area contributed by atoms with Gasteiger partial charge in [-0.05, 0) is 24.5 Å². The lowest BCUT2D eigenvalue weighted by atomic mass is 10.1. The summed E-state index contributed by atoms with van der Waals surface area (Å²) in [5, 5.41) is 0. The zero-order chi connectivity index (χ0) is 8.10. The van der Waals surface area contributed by atoms with Gasteiger partial charge in [-0.2, -0.15) is 0 Å². The fourth-order valence-corrected chi connectivity index (χ4v) is 0.901. The van der Waals surface area contributed by atoms with E-state index < -0.39 is 0 Å². The minimum absolute atomic E-state index is 0.556. The molecule has 1 aromatic carbocycles. The maximum atomic E-state index is 7.49. The molecular formula is C10H13. The number of hydrogen-bond acceptors (Lipinski definition) is 0. The standard InChI is InChI=1S/C10H13/c1-2-3-7-10-8-5-4-6-9-10/h4-5,8-9H,2-3,7H2,1H3/i9T. The van der Waals surface area contributed by atoms with Crippen LogP contribution in [-0.2, 0) is 6.42 Å². The van der Waals surface area contributed by atoms with Crippen LogP contribution in [0.4, 0.5) is 0 Å². The zero-order valence-electron chi connectivity index (χ0n) is 7.35. The van der Waals surface area contributed by atoms with Crippen molar-refractivity contribution in [3.8, 4) is 0 Å². The number of aryl methyl sites for hydroxylation is 1. The highest BCUT2D eigenvalue weighted by molar-refractivity contribution is 5.13. The van der Waals surface area contributed by atoms with Crippen LogP contribution in [0.5, 0.6) is 0 Å². The van der Waals surface area contributed by atoms with E-state index in [-0.39, 0.29) is 0 Å². The van der Waals surface area contributed by atoms with E-state index in [0.29, 0.717) is 6.04 Å². The van der Waals surface area contributed by atoms with Gasteiger partial charge in [-0.1, -0.05) is 37.6 Å². The Kier molecular flexibility index (Phi) is 2.45. The molecule has 0 saturated heterocycles. The van der Waals surface area contributed by atoms with Gasteiger partial charge in [-0.15, -0.1) is 0 Å². The van der Waals surface area contributed by atoms with Crippen LogP contribution in [-0.4, -0.2) is 0 Å². The summed E-state index contributed by atoms with van der Waals surface area (Å²) in [5.41, 5.74) is 1.12. The monoisotopic (exact) mass is 135 g/mol. The van der Waals surface area contributed by atoms with E-state index in [1.165, 1.54) is 12.8 Å². The molecule has 0 heteroatoms. The van der Waals surface area contributed by atoms with E-state index in [0.717, 1.165) is 12.0 Å². The molecule has 0 nitrogen and oxygen atoms in total. The maximum Gasteiger partial charge on any atom is 0.0632 e. The van der Waals surface area contributed by atoms with Gasteiger partial charge in [0.15, 0.2) is 0 Å². The van der Waals surface area contributed by atoms with Crippen molar-refractivity contribution < 1.29 is 1.37 Å². The summed E-state index contributed by atoms with van der Waals surface area (Å²) < 4.78 is 7.49. The first-order valence-corrected chi connectivity index (χ1v) is 3.80. The molecule has 0 atom stereocenters. The fraction of sp³-hybridized carbons (Fsp3) is 0.400. The first-order chi connectivity index (χ1) is 5.34. The molecule has 0 saturated carbocycles. The molecule has 0 aliphatic heterocycles. The Morgan fingerprint density at radius 2 is 2.60 bits per heavy atom. The summed E-state index contributed by atoms with van der Waals surface area (Å²) in [6.07, 6.45) is 3.38. The molecular weight excluding hydrogens is 120 g/mol. The van der Waals surface area contributed by atoms with Crippen molar-refractivity contribution in [2.75, 3.05) is 0 Å². The van der Waals surface area contributed by atoms with Gasteiger partial charge in [0.2, 0.25) is 0 Å². The van der Waals surface area contributed by atoms with Crippen molar-refractivity contribution >= 4 is 0 Å². The van der Waals surface area contributed by atoms with Gasteiger partial charge >= 0.3 is 0 Å². The van der Waals surface area contributed by atoms with Gasteiger partial charge in [0.05, 0.1) is 1.37 Å². The highest BCUT2D eigenvalue weighted by Gasteiger charge is 1.87. The summed E-state index contributed by atoms with van der Waals surface area (Å²) >= 11 is 0. The predicted octanol–water partition coefficient (Wildman–Crippen LogP) is 2.83. The second-order valence-corrected chi connectivity index (χ2v) is 2.42. The molecule has 10 heavy (non-hydrogen) atoms. The molecule has 1 aromatic rings. The average molecular weight is 135 g/mol. The van der Waals surface area contributed by atoms with E-state index in [4.69, 9.17) is 1.37 Å². The summed E-state index contributed by atoms with van der Waals surface area (Å²) in [5.74, 6) is 0. The summed E-state index contributed by atoms with van der Waals surface area (Å²) in [6.45, 7) is 2.16. The van der Waals surface area contributed by atoms with Crippen molar-refractivity contribution in [2.45, 2.75) is 26.2 Å². The van der Waals surface area contributed by atoms with E-state index in [1.54, 1.807) is 6.07 Å². The third-order valence-corrected chi connectivity index (χ3v) is 1.51. The van der Waals surface area contributed by atoms with Gasteiger partial charge in [0, 0.05) is 0 Å². The van der Waals surface area contributed by atoms with Crippen molar-refractivity contribution in [3.05, 3.63) is 35.9 Å². The second-order valence-electron chi connectivity index (χ2n) is 2.42. The first-order valence-electron chi connectivity index (χ1n) is 4.30. The quantitative estimate of drug-likeness (QED) is 0.598. The van der Waals surface area contributed by atoms with Crippen LogP contribution >= 0.6 is 0 Å². The molecule has 0 heterocycles. The highest BCUT2D eigenvalue weighted by atomic mass is 13.9. The van der Waals surface area contributed by atoms with Crippen molar-refractivity contribution in [1.29, 1.82) is 0 Å². The zero-order valence-corrected chi connectivity index (χ0v) is 6.35. The van der Waals surface area contributed by atoms with Gasteiger partial charge in [0.25, 0.3) is 0 Å². The SMILES string of the molecule is [3H]c1[c]cccc1CCCC. The van der Waals surface area contributed by atoms with Crippen LogP contribution in [0.25, 0.3) is 0 Å². The molecule has 0 spiro atoms. The maximum absolute atomic E-state index is 7.49. The van der Waals surface area contributed by atoms with Crippen molar-refractivity contribution in [2.24, 2.45) is 0 Å². The van der Waals surface area contributed by atoms with E-state index in [9.17, 15) is 0 Å². The van der Waals surface area contributed by atoms with Gasteiger partial charge in [-0.25, -0.2) is 0 Å². The third-order valence-electron chi connectivity index (χ3n) is 1.51. The fourth-order valence-electron chi connectivity index (χ4n) is 0.901. The Morgan fingerprint density at radius 1 is 1.70 bits per heavy atom. The molecule has 0 unspecified atom stereocenters. The van der Waals surface area contributed by atoms with Crippen LogP contribution in [0, 0.1) is 6.07 Å². The van der Waals surface area contributed by atoms with E-state index in [1.807, 2.05) is 12.1 Å².